The maximum absolute atomic E-state index is 5.50. The van der Waals surface area contributed by atoms with Crippen molar-refractivity contribution >= 4 is 35.6 Å². The van der Waals surface area contributed by atoms with Crippen LogP contribution >= 0.6 is 24.0 Å². The molecule has 0 amide bonds. The highest BCUT2D eigenvalue weighted by Gasteiger charge is 2.33. The number of morpholine rings is 1. The Morgan fingerprint density at radius 3 is 2.59 bits per heavy atom. The van der Waals surface area contributed by atoms with Crippen LogP contribution in [-0.4, -0.2) is 59.6 Å². The number of methoxy groups -OCH3 is 1. The smallest absolute Gasteiger partial charge is 0.191 e. The van der Waals surface area contributed by atoms with Crippen LogP contribution in [0.2, 0.25) is 0 Å². The Labute approximate surface area is 192 Å². The van der Waals surface area contributed by atoms with Gasteiger partial charge in [-0.1, -0.05) is 31.0 Å². The van der Waals surface area contributed by atoms with Crippen molar-refractivity contribution in [3.05, 3.63) is 29.8 Å². The number of nitrogens with zero attached hydrogens (tertiary/aromatic N) is 2. The molecule has 0 radical (unpaired) electrons. The van der Waals surface area contributed by atoms with Gasteiger partial charge >= 0.3 is 0 Å². The van der Waals surface area contributed by atoms with Gasteiger partial charge in [0.15, 0.2) is 5.96 Å². The predicted octanol–water partition coefficient (Wildman–Crippen LogP) is 3.40. The Hall–Kier alpha value is -1.06. The number of ether oxygens (including phenoxy) is 2. The van der Waals surface area contributed by atoms with Gasteiger partial charge in [-0.25, -0.2) is 0 Å². The highest BCUT2D eigenvalue weighted by Crippen LogP contribution is 2.40. The number of hydrogen-bond acceptors (Lipinski definition) is 4. The molecule has 1 saturated carbocycles. The van der Waals surface area contributed by atoms with Crippen molar-refractivity contribution in [2.45, 2.75) is 38.6 Å². The number of benzene rings is 1. The summed E-state index contributed by atoms with van der Waals surface area (Å²) < 4.78 is 10.9. The van der Waals surface area contributed by atoms with E-state index in [0.29, 0.717) is 5.41 Å². The molecule has 164 valence electrons. The van der Waals surface area contributed by atoms with Crippen LogP contribution in [0.5, 0.6) is 0 Å². The van der Waals surface area contributed by atoms with Crippen molar-refractivity contribution in [1.82, 2.24) is 10.6 Å². The maximum atomic E-state index is 5.50. The molecular weight excluding hydrogens is 479 g/mol. The van der Waals surface area contributed by atoms with Gasteiger partial charge in [-0.2, -0.15) is 0 Å². The summed E-state index contributed by atoms with van der Waals surface area (Å²) in [6.07, 6.45) is 6.32. The molecule has 0 spiro atoms. The normalized spacial score (nSPS) is 19.0. The lowest BCUT2D eigenvalue weighted by Gasteiger charge is -2.31. The van der Waals surface area contributed by atoms with Crippen LogP contribution < -0.4 is 15.5 Å². The zero-order chi connectivity index (χ0) is 19.7. The third-order valence-corrected chi connectivity index (χ3v) is 6.14. The van der Waals surface area contributed by atoms with Gasteiger partial charge in [0, 0.05) is 52.6 Å². The molecule has 29 heavy (non-hydrogen) atoms. The van der Waals surface area contributed by atoms with E-state index in [4.69, 9.17) is 9.47 Å². The molecule has 1 aliphatic carbocycles. The number of para-hydroxylation sites is 1. The van der Waals surface area contributed by atoms with Crippen molar-refractivity contribution in [1.29, 1.82) is 0 Å². The molecule has 2 N–H and O–H groups in total. The Bertz CT molecular complexity index is 629. The molecule has 0 bridgehead atoms. The molecule has 7 heteroatoms. The predicted molar refractivity (Wildman–Crippen MR) is 130 cm³/mol. The van der Waals surface area contributed by atoms with Crippen molar-refractivity contribution in [3.63, 3.8) is 0 Å². The fourth-order valence-electron chi connectivity index (χ4n) is 4.40. The van der Waals surface area contributed by atoms with Crippen LogP contribution in [0.1, 0.15) is 37.7 Å². The largest absolute Gasteiger partial charge is 0.385 e. The maximum Gasteiger partial charge on any atom is 0.191 e. The lowest BCUT2D eigenvalue weighted by Crippen LogP contribution is -2.43. The van der Waals surface area contributed by atoms with Gasteiger partial charge in [0.25, 0.3) is 0 Å². The van der Waals surface area contributed by atoms with Crippen LogP contribution in [0.25, 0.3) is 0 Å². The molecule has 0 aromatic heterocycles. The van der Waals surface area contributed by atoms with Gasteiger partial charge < -0.3 is 25.0 Å². The van der Waals surface area contributed by atoms with E-state index in [0.717, 1.165) is 58.4 Å². The third kappa shape index (κ3) is 7.00. The average Bonchev–Trinajstić information content (AvgIpc) is 3.22. The van der Waals surface area contributed by atoms with Gasteiger partial charge in [0.1, 0.15) is 0 Å². The number of rotatable bonds is 8. The Balaban J connectivity index is 0.00000300. The minimum Gasteiger partial charge on any atom is -0.385 e. The van der Waals surface area contributed by atoms with Crippen molar-refractivity contribution in [2.24, 2.45) is 10.4 Å². The molecular formula is C22H37IN4O2. The van der Waals surface area contributed by atoms with Crippen LogP contribution in [0.15, 0.2) is 29.3 Å². The first-order valence-corrected chi connectivity index (χ1v) is 10.6. The first-order chi connectivity index (χ1) is 13.8. The van der Waals surface area contributed by atoms with E-state index in [1.165, 1.54) is 36.9 Å². The fourth-order valence-corrected chi connectivity index (χ4v) is 4.40. The minimum atomic E-state index is 0. The monoisotopic (exact) mass is 516 g/mol. The van der Waals surface area contributed by atoms with Crippen LogP contribution in [0, 0.1) is 5.41 Å². The molecule has 1 aromatic rings. The fraction of sp³-hybridized carbons (Fsp3) is 0.682. The summed E-state index contributed by atoms with van der Waals surface area (Å²) in [6, 6.07) is 8.62. The molecule has 0 unspecified atom stereocenters. The first-order valence-electron chi connectivity index (χ1n) is 10.6. The van der Waals surface area contributed by atoms with E-state index >= 15 is 0 Å². The molecule has 3 rings (SSSR count). The highest BCUT2D eigenvalue weighted by atomic mass is 127. The van der Waals surface area contributed by atoms with E-state index in [9.17, 15) is 0 Å². The first kappa shape index (κ1) is 24.2. The zero-order valence-electron chi connectivity index (χ0n) is 17.9. The number of nitrogens with one attached hydrogen (secondary N) is 2. The second-order valence-electron chi connectivity index (χ2n) is 7.96. The average molecular weight is 516 g/mol. The van der Waals surface area contributed by atoms with Gasteiger partial charge in [0.05, 0.1) is 13.2 Å². The van der Waals surface area contributed by atoms with Crippen molar-refractivity contribution < 1.29 is 9.47 Å². The second-order valence-corrected chi connectivity index (χ2v) is 7.96. The Morgan fingerprint density at radius 2 is 1.90 bits per heavy atom. The van der Waals surface area contributed by atoms with E-state index in [2.05, 4.69) is 44.8 Å². The van der Waals surface area contributed by atoms with Crippen LogP contribution in [-0.2, 0) is 16.0 Å². The summed E-state index contributed by atoms with van der Waals surface area (Å²) in [5, 5.41) is 7.09. The van der Waals surface area contributed by atoms with E-state index < -0.39 is 0 Å². The number of guanidine groups is 1. The summed E-state index contributed by atoms with van der Waals surface area (Å²) in [5.41, 5.74) is 2.93. The van der Waals surface area contributed by atoms with Gasteiger partial charge in [-0.15, -0.1) is 24.0 Å². The summed E-state index contributed by atoms with van der Waals surface area (Å²) >= 11 is 0. The Morgan fingerprint density at radius 1 is 1.17 bits per heavy atom. The topological polar surface area (TPSA) is 58.1 Å². The summed E-state index contributed by atoms with van der Waals surface area (Å²) in [6.45, 7) is 6.06. The molecule has 2 aliphatic rings. The SMILES string of the molecule is CN=C(NCc1ccccc1N1CCOCC1)NCC1(CCOC)CCCC1.I. The van der Waals surface area contributed by atoms with Gasteiger partial charge in [-0.3, -0.25) is 4.99 Å². The number of halogens is 1. The van der Waals surface area contributed by atoms with Crippen molar-refractivity contribution in [3.8, 4) is 0 Å². The summed E-state index contributed by atoms with van der Waals surface area (Å²) in [5.74, 6) is 0.875. The third-order valence-electron chi connectivity index (χ3n) is 6.14. The summed E-state index contributed by atoms with van der Waals surface area (Å²) in [4.78, 5) is 6.86. The summed E-state index contributed by atoms with van der Waals surface area (Å²) in [7, 11) is 3.64. The lowest BCUT2D eigenvalue weighted by molar-refractivity contribution is 0.122. The van der Waals surface area contributed by atoms with Crippen LogP contribution in [0.4, 0.5) is 5.69 Å². The highest BCUT2D eigenvalue weighted by molar-refractivity contribution is 14.0. The van der Waals surface area contributed by atoms with Gasteiger partial charge in [-0.05, 0) is 36.3 Å². The molecule has 2 fully saturated rings. The van der Waals surface area contributed by atoms with E-state index in [1.54, 1.807) is 7.11 Å². The molecule has 6 nitrogen and oxygen atoms in total. The van der Waals surface area contributed by atoms with Crippen molar-refractivity contribution in [2.75, 3.05) is 58.5 Å². The minimum absolute atomic E-state index is 0. The van der Waals surface area contributed by atoms with E-state index in [1.807, 2.05) is 7.05 Å². The molecule has 0 atom stereocenters. The molecule has 1 aromatic carbocycles. The molecule has 1 saturated heterocycles. The van der Waals surface area contributed by atoms with E-state index in [-0.39, 0.29) is 24.0 Å². The standard InChI is InChI=1S/C22H36N4O2.HI/c1-23-21(25-18-22(11-14-27-2)9-5-6-10-22)24-17-19-7-3-4-8-20(19)26-12-15-28-16-13-26;/h3-4,7-8H,5-6,9-18H2,1-2H3,(H2,23,24,25);1H. The number of hydrogen-bond donors (Lipinski definition) is 2. The number of anilines is 1. The van der Waals surface area contributed by atoms with Crippen LogP contribution in [0.3, 0.4) is 0 Å². The molecule has 1 heterocycles. The Kier molecular flexibility index (Phi) is 10.5. The lowest BCUT2D eigenvalue weighted by atomic mass is 9.83. The number of aliphatic imine (C=N–C) groups is 1. The van der Waals surface area contributed by atoms with Gasteiger partial charge in [0.2, 0.25) is 0 Å². The zero-order valence-corrected chi connectivity index (χ0v) is 20.2. The quantitative estimate of drug-likeness (QED) is 0.315. The second kappa shape index (κ2) is 12.6. The molecule has 1 aliphatic heterocycles.